The van der Waals surface area contributed by atoms with Crippen molar-refractivity contribution in [3.05, 3.63) is 59.7 Å². The second-order valence-electron chi connectivity index (χ2n) is 4.09. The Balaban J connectivity index is 1.65. The summed E-state index contributed by atoms with van der Waals surface area (Å²) in [4.78, 5) is 16.5. The Hall–Kier alpha value is -2.82. The van der Waals surface area contributed by atoms with Crippen LogP contribution in [0.25, 0.3) is 0 Å². The number of oxime groups is 1. The van der Waals surface area contributed by atoms with Crippen LogP contribution in [0, 0.1) is 0 Å². The number of hydrogen-bond donors (Lipinski definition) is 0. The van der Waals surface area contributed by atoms with Crippen LogP contribution in [0.4, 0.5) is 0 Å². The fourth-order valence-corrected chi connectivity index (χ4v) is 1.76. The molecular formula is C15H11NO4. The molecule has 1 heterocycles. The molecule has 0 bridgehead atoms. The highest BCUT2D eigenvalue weighted by molar-refractivity contribution is 5.90. The standard InChI is InChI=1S/C15H11NO4/c17-15(12-4-2-1-3-5-12)20-16-9-11-6-7-13-14(8-11)19-10-18-13/h1-9H,10H2. The number of fused-ring (bicyclic) bond motifs is 1. The van der Waals surface area contributed by atoms with Crippen molar-refractivity contribution in [2.45, 2.75) is 0 Å². The number of ether oxygens (including phenoxy) is 2. The molecule has 1 aliphatic rings. The van der Waals surface area contributed by atoms with Gasteiger partial charge in [0.15, 0.2) is 11.5 Å². The zero-order chi connectivity index (χ0) is 13.8. The van der Waals surface area contributed by atoms with Crippen LogP contribution in [0.5, 0.6) is 11.5 Å². The first kappa shape index (κ1) is 12.2. The van der Waals surface area contributed by atoms with Crippen molar-refractivity contribution in [1.29, 1.82) is 0 Å². The van der Waals surface area contributed by atoms with Gasteiger partial charge in [0, 0.05) is 5.56 Å². The predicted octanol–water partition coefficient (Wildman–Crippen LogP) is 2.61. The van der Waals surface area contributed by atoms with Crippen LogP contribution >= 0.6 is 0 Å². The van der Waals surface area contributed by atoms with Crippen LogP contribution in [-0.2, 0) is 4.84 Å². The SMILES string of the molecule is O=C(ON=Cc1ccc2c(c1)OCO2)c1ccccc1. The van der Waals surface area contributed by atoms with Crippen molar-refractivity contribution in [2.24, 2.45) is 5.16 Å². The highest BCUT2D eigenvalue weighted by Crippen LogP contribution is 2.31. The number of carbonyl (C=O) groups is 1. The van der Waals surface area contributed by atoms with Crippen molar-refractivity contribution >= 4 is 12.2 Å². The summed E-state index contributed by atoms with van der Waals surface area (Å²) in [5, 5.41) is 3.67. The topological polar surface area (TPSA) is 57.1 Å². The normalized spacial score (nSPS) is 12.6. The van der Waals surface area contributed by atoms with Crippen molar-refractivity contribution in [2.75, 3.05) is 6.79 Å². The van der Waals surface area contributed by atoms with E-state index in [1.165, 1.54) is 6.21 Å². The Morgan fingerprint density at radius 3 is 2.75 bits per heavy atom. The molecule has 0 aliphatic carbocycles. The summed E-state index contributed by atoms with van der Waals surface area (Å²) in [6, 6.07) is 14.0. The molecule has 2 aromatic rings. The predicted molar refractivity (Wildman–Crippen MR) is 72.0 cm³/mol. The lowest BCUT2D eigenvalue weighted by atomic mass is 10.2. The Labute approximate surface area is 115 Å². The Kier molecular flexibility index (Phi) is 3.33. The van der Waals surface area contributed by atoms with Gasteiger partial charge in [0.2, 0.25) is 6.79 Å². The second-order valence-corrected chi connectivity index (χ2v) is 4.09. The lowest BCUT2D eigenvalue weighted by Crippen LogP contribution is -2.00. The minimum Gasteiger partial charge on any atom is -0.454 e. The van der Waals surface area contributed by atoms with E-state index < -0.39 is 5.97 Å². The summed E-state index contributed by atoms with van der Waals surface area (Å²) in [7, 11) is 0. The zero-order valence-corrected chi connectivity index (χ0v) is 10.5. The monoisotopic (exact) mass is 269 g/mol. The van der Waals surface area contributed by atoms with Crippen LogP contribution in [0.1, 0.15) is 15.9 Å². The average Bonchev–Trinajstić information content (AvgIpc) is 2.95. The molecule has 20 heavy (non-hydrogen) atoms. The smallest absolute Gasteiger partial charge is 0.365 e. The fourth-order valence-electron chi connectivity index (χ4n) is 1.76. The van der Waals surface area contributed by atoms with Crippen molar-refractivity contribution in [3.63, 3.8) is 0 Å². The summed E-state index contributed by atoms with van der Waals surface area (Å²) in [5.74, 6) is 0.856. The van der Waals surface area contributed by atoms with Gasteiger partial charge in [-0.2, -0.15) is 0 Å². The van der Waals surface area contributed by atoms with Gasteiger partial charge in [0.25, 0.3) is 0 Å². The number of nitrogens with zero attached hydrogens (tertiary/aromatic N) is 1. The molecule has 0 fully saturated rings. The zero-order valence-electron chi connectivity index (χ0n) is 10.5. The molecule has 0 spiro atoms. The maximum atomic E-state index is 11.6. The molecule has 3 rings (SSSR count). The molecule has 0 saturated carbocycles. The minimum atomic E-state index is -0.498. The van der Waals surface area contributed by atoms with Crippen LogP contribution in [0.15, 0.2) is 53.7 Å². The van der Waals surface area contributed by atoms with Crippen molar-refractivity contribution in [1.82, 2.24) is 0 Å². The summed E-state index contributed by atoms with van der Waals surface area (Å²) in [6.45, 7) is 0.221. The lowest BCUT2D eigenvalue weighted by Gasteiger charge is -1.98. The van der Waals surface area contributed by atoms with Gasteiger partial charge in [0.05, 0.1) is 11.8 Å². The number of benzene rings is 2. The summed E-state index contributed by atoms with van der Waals surface area (Å²) in [6.07, 6.45) is 1.45. The molecule has 5 heteroatoms. The van der Waals surface area contributed by atoms with Gasteiger partial charge in [-0.3, -0.25) is 0 Å². The largest absolute Gasteiger partial charge is 0.454 e. The maximum absolute atomic E-state index is 11.6. The quantitative estimate of drug-likeness (QED) is 0.488. The first-order valence-electron chi connectivity index (χ1n) is 6.02. The molecular weight excluding hydrogens is 258 g/mol. The van der Waals surface area contributed by atoms with E-state index in [9.17, 15) is 4.79 Å². The highest BCUT2D eigenvalue weighted by Gasteiger charge is 2.12. The van der Waals surface area contributed by atoms with E-state index >= 15 is 0 Å². The Morgan fingerprint density at radius 2 is 1.90 bits per heavy atom. The Morgan fingerprint density at radius 1 is 1.10 bits per heavy atom. The lowest BCUT2D eigenvalue weighted by molar-refractivity contribution is 0.0519. The van der Waals surface area contributed by atoms with E-state index in [0.29, 0.717) is 17.1 Å². The van der Waals surface area contributed by atoms with Gasteiger partial charge in [-0.05, 0) is 30.3 Å². The average molecular weight is 269 g/mol. The van der Waals surface area contributed by atoms with Crippen LogP contribution in [0.3, 0.4) is 0 Å². The summed E-state index contributed by atoms with van der Waals surface area (Å²) in [5.41, 5.74) is 1.21. The fraction of sp³-hybridized carbons (Fsp3) is 0.0667. The van der Waals surface area contributed by atoms with Crippen molar-refractivity contribution < 1.29 is 19.1 Å². The molecule has 0 aromatic heterocycles. The molecule has 0 unspecified atom stereocenters. The summed E-state index contributed by atoms with van der Waals surface area (Å²) < 4.78 is 10.4. The number of carbonyl (C=O) groups excluding carboxylic acids is 1. The van der Waals surface area contributed by atoms with E-state index in [0.717, 1.165) is 5.56 Å². The molecule has 100 valence electrons. The van der Waals surface area contributed by atoms with E-state index in [4.69, 9.17) is 14.3 Å². The van der Waals surface area contributed by atoms with Crippen LogP contribution in [0.2, 0.25) is 0 Å². The minimum absolute atomic E-state index is 0.221. The molecule has 0 saturated heterocycles. The van der Waals surface area contributed by atoms with Crippen molar-refractivity contribution in [3.8, 4) is 11.5 Å². The number of hydrogen-bond acceptors (Lipinski definition) is 5. The molecule has 5 nitrogen and oxygen atoms in total. The van der Waals surface area contributed by atoms with E-state index in [-0.39, 0.29) is 6.79 Å². The molecule has 0 N–H and O–H groups in total. The van der Waals surface area contributed by atoms with Gasteiger partial charge in [-0.15, -0.1) is 0 Å². The van der Waals surface area contributed by atoms with Gasteiger partial charge in [0.1, 0.15) is 0 Å². The van der Waals surface area contributed by atoms with E-state index in [1.807, 2.05) is 6.07 Å². The van der Waals surface area contributed by atoms with Gasteiger partial charge in [-0.25, -0.2) is 4.79 Å². The number of rotatable bonds is 3. The third-order valence-electron chi connectivity index (χ3n) is 2.74. The summed E-state index contributed by atoms with van der Waals surface area (Å²) >= 11 is 0. The second kappa shape index (κ2) is 5.44. The maximum Gasteiger partial charge on any atom is 0.365 e. The van der Waals surface area contributed by atoms with Crippen LogP contribution < -0.4 is 9.47 Å². The third-order valence-corrected chi connectivity index (χ3v) is 2.74. The van der Waals surface area contributed by atoms with Gasteiger partial charge in [-0.1, -0.05) is 23.4 Å². The molecule has 0 radical (unpaired) electrons. The first-order chi connectivity index (χ1) is 9.83. The van der Waals surface area contributed by atoms with E-state index in [2.05, 4.69) is 5.16 Å². The van der Waals surface area contributed by atoms with E-state index in [1.54, 1.807) is 42.5 Å². The van der Waals surface area contributed by atoms with Crippen LogP contribution in [-0.4, -0.2) is 19.0 Å². The first-order valence-corrected chi connectivity index (χ1v) is 6.02. The molecule has 0 atom stereocenters. The third kappa shape index (κ3) is 2.61. The highest BCUT2D eigenvalue weighted by atomic mass is 16.7. The van der Waals surface area contributed by atoms with Gasteiger partial charge >= 0.3 is 5.97 Å². The molecule has 0 amide bonds. The molecule has 2 aromatic carbocycles. The van der Waals surface area contributed by atoms with Gasteiger partial charge < -0.3 is 14.3 Å². The Bertz CT molecular complexity index is 652. The molecule has 1 aliphatic heterocycles.